The van der Waals surface area contributed by atoms with Gasteiger partial charge in [0, 0.05) is 31.9 Å². The minimum atomic E-state index is -0.417. The first kappa shape index (κ1) is 17.4. The second-order valence-electron chi connectivity index (χ2n) is 7.42. The van der Waals surface area contributed by atoms with Crippen LogP contribution in [0.2, 0.25) is 0 Å². The zero-order chi connectivity index (χ0) is 18.1. The summed E-state index contributed by atoms with van der Waals surface area (Å²) < 4.78 is 18.8. The van der Waals surface area contributed by atoms with Gasteiger partial charge < -0.3 is 14.5 Å². The number of ether oxygens (including phenoxy) is 1. The van der Waals surface area contributed by atoms with Gasteiger partial charge in [-0.3, -0.25) is 14.6 Å². The van der Waals surface area contributed by atoms with Crippen LogP contribution in [0, 0.1) is 11.7 Å². The van der Waals surface area contributed by atoms with E-state index in [2.05, 4.69) is 4.98 Å². The molecule has 26 heavy (non-hydrogen) atoms. The van der Waals surface area contributed by atoms with Gasteiger partial charge in [-0.1, -0.05) is 0 Å². The van der Waals surface area contributed by atoms with Crippen molar-refractivity contribution in [1.29, 1.82) is 0 Å². The van der Waals surface area contributed by atoms with Crippen molar-refractivity contribution in [3.8, 4) is 0 Å². The highest BCUT2D eigenvalue weighted by Gasteiger charge is 2.45. The summed E-state index contributed by atoms with van der Waals surface area (Å²) in [6, 6.07) is 2.88. The first-order valence-corrected chi connectivity index (χ1v) is 9.42. The van der Waals surface area contributed by atoms with Crippen molar-refractivity contribution in [2.45, 2.75) is 44.2 Å². The number of carbonyl (C=O) groups is 2. The summed E-state index contributed by atoms with van der Waals surface area (Å²) in [5.74, 6) is -0.532. The first-order chi connectivity index (χ1) is 12.6. The van der Waals surface area contributed by atoms with Crippen molar-refractivity contribution >= 4 is 11.8 Å². The third kappa shape index (κ3) is 3.45. The van der Waals surface area contributed by atoms with Crippen molar-refractivity contribution in [1.82, 2.24) is 14.8 Å². The average molecular weight is 361 g/mol. The molecule has 3 saturated heterocycles. The normalized spacial score (nSPS) is 28.3. The number of pyridine rings is 1. The summed E-state index contributed by atoms with van der Waals surface area (Å²) in [6.07, 6.45) is 4.79. The van der Waals surface area contributed by atoms with Crippen LogP contribution in [-0.2, 0) is 20.7 Å². The fraction of sp³-hybridized carbons (Fsp3) is 0.632. The van der Waals surface area contributed by atoms with Crippen LogP contribution in [0.15, 0.2) is 18.3 Å². The first-order valence-electron chi connectivity index (χ1n) is 9.42. The molecule has 6 nitrogen and oxygen atoms in total. The molecule has 1 aromatic heterocycles. The SMILES string of the molecule is O=C([C@@H]1C[C@H]2OCC[C@H]2N(C(=O)Cc2ccc(F)cn2)C1)N1CCCC1. The molecule has 0 aliphatic carbocycles. The molecule has 140 valence electrons. The number of rotatable bonds is 3. The predicted octanol–water partition coefficient (Wildman–Crippen LogP) is 1.39. The van der Waals surface area contributed by atoms with Gasteiger partial charge in [0.05, 0.1) is 30.7 Å². The topological polar surface area (TPSA) is 62.7 Å². The van der Waals surface area contributed by atoms with E-state index >= 15 is 0 Å². The molecule has 0 spiro atoms. The molecule has 3 aliphatic rings. The monoisotopic (exact) mass is 361 g/mol. The number of hydrogen-bond acceptors (Lipinski definition) is 4. The Hall–Kier alpha value is -2.02. The lowest BCUT2D eigenvalue weighted by Crippen LogP contribution is -2.55. The summed E-state index contributed by atoms with van der Waals surface area (Å²) in [4.78, 5) is 33.4. The second kappa shape index (κ2) is 7.31. The lowest BCUT2D eigenvalue weighted by atomic mass is 9.88. The summed E-state index contributed by atoms with van der Waals surface area (Å²) >= 11 is 0. The van der Waals surface area contributed by atoms with Gasteiger partial charge in [0.2, 0.25) is 11.8 Å². The molecule has 0 N–H and O–H groups in total. The maximum atomic E-state index is 13.0. The third-order valence-electron chi connectivity index (χ3n) is 5.72. The number of fused-ring (bicyclic) bond motifs is 1. The maximum absolute atomic E-state index is 13.0. The molecular weight excluding hydrogens is 337 g/mol. The molecule has 4 rings (SSSR count). The van der Waals surface area contributed by atoms with E-state index in [1.165, 1.54) is 12.1 Å². The van der Waals surface area contributed by atoms with Gasteiger partial charge in [-0.2, -0.15) is 0 Å². The van der Waals surface area contributed by atoms with Gasteiger partial charge in [0.25, 0.3) is 0 Å². The molecule has 3 atom stereocenters. The molecule has 0 bridgehead atoms. The molecule has 1 aromatic rings. The van der Waals surface area contributed by atoms with Gasteiger partial charge in [-0.05, 0) is 37.8 Å². The quantitative estimate of drug-likeness (QED) is 0.816. The standard InChI is InChI=1S/C19H24FN3O3/c20-14-3-4-15(21-11-14)10-18(24)23-12-13(9-17-16(23)5-8-26-17)19(25)22-6-1-2-7-22/h3-4,11,13,16-17H,1-2,5-10,12H2/t13-,16-,17-/m1/s1. The second-order valence-corrected chi connectivity index (χ2v) is 7.42. The van der Waals surface area contributed by atoms with Crippen LogP contribution in [0.25, 0.3) is 0 Å². The zero-order valence-corrected chi connectivity index (χ0v) is 14.8. The van der Waals surface area contributed by atoms with Gasteiger partial charge in [-0.25, -0.2) is 4.39 Å². The van der Waals surface area contributed by atoms with Gasteiger partial charge in [-0.15, -0.1) is 0 Å². The van der Waals surface area contributed by atoms with E-state index in [4.69, 9.17) is 4.74 Å². The number of piperidine rings is 1. The fourth-order valence-corrected chi connectivity index (χ4v) is 4.38. The van der Waals surface area contributed by atoms with Crippen molar-refractivity contribution in [3.63, 3.8) is 0 Å². The molecule has 0 radical (unpaired) electrons. The Labute approximate surface area is 152 Å². The van der Waals surface area contributed by atoms with Crippen LogP contribution < -0.4 is 0 Å². The van der Waals surface area contributed by atoms with Crippen LogP contribution in [0.3, 0.4) is 0 Å². The maximum Gasteiger partial charge on any atom is 0.228 e. The summed E-state index contributed by atoms with van der Waals surface area (Å²) in [5.41, 5.74) is 0.542. The number of likely N-dealkylation sites (tertiary alicyclic amines) is 2. The minimum Gasteiger partial charge on any atom is -0.376 e. The van der Waals surface area contributed by atoms with E-state index < -0.39 is 5.82 Å². The fourth-order valence-electron chi connectivity index (χ4n) is 4.38. The van der Waals surface area contributed by atoms with E-state index in [1.807, 2.05) is 9.80 Å². The summed E-state index contributed by atoms with van der Waals surface area (Å²) in [7, 11) is 0. The summed E-state index contributed by atoms with van der Waals surface area (Å²) in [5, 5.41) is 0. The highest BCUT2D eigenvalue weighted by atomic mass is 19.1. The Morgan fingerprint density at radius 2 is 2.08 bits per heavy atom. The van der Waals surface area contributed by atoms with Crippen molar-refractivity contribution < 1.29 is 18.7 Å². The molecule has 7 heteroatoms. The molecule has 4 heterocycles. The molecule has 3 fully saturated rings. The molecule has 0 unspecified atom stereocenters. The van der Waals surface area contributed by atoms with E-state index in [-0.39, 0.29) is 36.3 Å². The highest BCUT2D eigenvalue weighted by molar-refractivity contribution is 5.83. The van der Waals surface area contributed by atoms with E-state index in [0.29, 0.717) is 25.3 Å². The predicted molar refractivity (Wildman–Crippen MR) is 91.7 cm³/mol. The smallest absolute Gasteiger partial charge is 0.228 e. The average Bonchev–Trinajstić information content (AvgIpc) is 3.33. The molecular formula is C19H24FN3O3. The lowest BCUT2D eigenvalue weighted by molar-refractivity contribution is -0.145. The summed E-state index contributed by atoms with van der Waals surface area (Å²) in [6.45, 7) is 2.70. The van der Waals surface area contributed by atoms with Crippen molar-refractivity contribution in [2.24, 2.45) is 5.92 Å². The number of amides is 2. The third-order valence-corrected chi connectivity index (χ3v) is 5.72. The Morgan fingerprint density at radius 1 is 1.27 bits per heavy atom. The van der Waals surface area contributed by atoms with Gasteiger partial charge >= 0.3 is 0 Å². The van der Waals surface area contributed by atoms with Gasteiger partial charge in [0.15, 0.2) is 0 Å². The van der Waals surface area contributed by atoms with Crippen molar-refractivity contribution in [3.05, 3.63) is 29.8 Å². The van der Waals surface area contributed by atoms with E-state index in [9.17, 15) is 14.0 Å². The Bertz CT molecular complexity index is 675. The number of nitrogens with zero attached hydrogens (tertiary/aromatic N) is 3. The zero-order valence-electron chi connectivity index (χ0n) is 14.8. The number of halogens is 1. The van der Waals surface area contributed by atoms with Crippen LogP contribution >= 0.6 is 0 Å². The van der Waals surface area contributed by atoms with Crippen molar-refractivity contribution in [2.75, 3.05) is 26.2 Å². The molecule has 0 aromatic carbocycles. The Balaban J connectivity index is 1.48. The van der Waals surface area contributed by atoms with E-state index in [1.54, 1.807) is 0 Å². The number of carbonyl (C=O) groups excluding carboxylic acids is 2. The van der Waals surface area contributed by atoms with Crippen LogP contribution in [-0.4, -0.2) is 65.0 Å². The van der Waals surface area contributed by atoms with Crippen LogP contribution in [0.5, 0.6) is 0 Å². The molecule has 0 saturated carbocycles. The molecule has 2 amide bonds. The molecule has 3 aliphatic heterocycles. The van der Waals surface area contributed by atoms with E-state index in [0.717, 1.165) is 38.5 Å². The van der Waals surface area contributed by atoms with Gasteiger partial charge in [0.1, 0.15) is 5.82 Å². The largest absolute Gasteiger partial charge is 0.376 e. The lowest BCUT2D eigenvalue weighted by Gasteiger charge is -2.41. The minimum absolute atomic E-state index is 0.0329. The van der Waals surface area contributed by atoms with Crippen LogP contribution in [0.4, 0.5) is 4.39 Å². The number of hydrogen-bond donors (Lipinski definition) is 0. The Kier molecular flexibility index (Phi) is 4.89. The Morgan fingerprint density at radius 3 is 2.81 bits per heavy atom. The number of aromatic nitrogens is 1. The van der Waals surface area contributed by atoms with Crippen LogP contribution in [0.1, 0.15) is 31.4 Å². The highest BCUT2D eigenvalue weighted by Crippen LogP contribution is 2.33.